The molecule has 1 aromatic carbocycles. The Balaban J connectivity index is 1.61. The fraction of sp³-hybridized carbons (Fsp3) is 0.333. The van der Waals surface area contributed by atoms with Gasteiger partial charge in [-0.15, -0.1) is 0 Å². The van der Waals surface area contributed by atoms with Crippen molar-refractivity contribution in [2.45, 2.75) is 25.4 Å². The number of carbonyl (C=O) groups excluding carboxylic acids is 1. The molecule has 5 nitrogen and oxygen atoms in total. The van der Waals surface area contributed by atoms with E-state index >= 15 is 0 Å². The molecule has 1 fully saturated rings. The molecule has 0 spiro atoms. The van der Waals surface area contributed by atoms with Gasteiger partial charge in [-0.2, -0.15) is 5.10 Å². The van der Waals surface area contributed by atoms with Gasteiger partial charge in [0.05, 0.1) is 17.9 Å². The molecule has 1 saturated heterocycles. The summed E-state index contributed by atoms with van der Waals surface area (Å²) < 4.78 is 1.85. The van der Waals surface area contributed by atoms with Gasteiger partial charge in [-0.25, -0.2) is 4.68 Å². The van der Waals surface area contributed by atoms with E-state index in [4.69, 9.17) is 0 Å². The van der Waals surface area contributed by atoms with Crippen LogP contribution in [0.2, 0.25) is 0 Å². The van der Waals surface area contributed by atoms with Crippen molar-refractivity contribution in [1.29, 1.82) is 0 Å². The van der Waals surface area contributed by atoms with Gasteiger partial charge in [0.1, 0.15) is 0 Å². The molecule has 1 atom stereocenters. The van der Waals surface area contributed by atoms with Gasteiger partial charge in [0.2, 0.25) is 5.91 Å². The fourth-order valence-corrected chi connectivity index (χ4v) is 2.38. The fourth-order valence-electron chi connectivity index (χ4n) is 2.38. The lowest BCUT2D eigenvalue weighted by Crippen LogP contribution is -2.47. The van der Waals surface area contributed by atoms with E-state index in [1.54, 1.807) is 0 Å². The number of para-hydroxylation sites is 1. The lowest BCUT2D eigenvalue weighted by atomic mass is 10.1. The summed E-state index contributed by atoms with van der Waals surface area (Å²) in [7, 11) is 0. The summed E-state index contributed by atoms with van der Waals surface area (Å²) in [5.41, 5.74) is 2.11. The first-order valence-corrected chi connectivity index (χ1v) is 6.93. The number of aromatic nitrogens is 2. The number of nitrogens with one attached hydrogen (secondary N) is 2. The number of hydrogen-bond acceptors (Lipinski definition) is 3. The zero-order valence-electron chi connectivity index (χ0n) is 11.2. The Morgan fingerprint density at radius 3 is 3.00 bits per heavy atom. The molecule has 2 aromatic rings. The standard InChI is InChI=1S/C15H18N4O/c20-15-14(7-4-8-16-15)17-9-12-10-18-19(11-12)13-5-2-1-3-6-13/h1-3,5-6,10-11,14,17H,4,7-9H2,(H,16,20). The topological polar surface area (TPSA) is 59.0 Å². The van der Waals surface area contributed by atoms with Gasteiger partial charge in [-0.3, -0.25) is 4.79 Å². The van der Waals surface area contributed by atoms with Crippen LogP contribution < -0.4 is 10.6 Å². The van der Waals surface area contributed by atoms with Crippen LogP contribution in [0.15, 0.2) is 42.7 Å². The normalized spacial score (nSPS) is 18.8. The zero-order chi connectivity index (χ0) is 13.8. The van der Waals surface area contributed by atoms with E-state index in [9.17, 15) is 4.79 Å². The first-order valence-electron chi connectivity index (χ1n) is 6.93. The molecule has 3 rings (SSSR count). The number of amides is 1. The first-order chi connectivity index (χ1) is 9.83. The van der Waals surface area contributed by atoms with Crippen molar-refractivity contribution >= 4 is 5.91 Å². The summed E-state index contributed by atoms with van der Waals surface area (Å²) in [4.78, 5) is 11.6. The average Bonchev–Trinajstić information content (AvgIpc) is 2.96. The highest BCUT2D eigenvalue weighted by Gasteiger charge is 2.21. The van der Waals surface area contributed by atoms with E-state index in [1.165, 1.54) is 0 Å². The molecule has 1 amide bonds. The van der Waals surface area contributed by atoms with Crippen LogP contribution in [-0.2, 0) is 11.3 Å². The zero-order valence-corrected chi connectivity index (χ0v) is 11.2. The van der Waals surface area contributed by atoms with Crippen molar-refractivity contribution in [2.24, 2.45) is 0 Å². The predicted octanol–water partition coefficient (Wildman–Crippen LogP) is 1.24. The Morgan fingerprint density at radius 1 is 1.35 bits per heavy atom. The lowest BCUT2D eigenvalue weighted by Gasteiger charge is -2.22. The van der Waals surface area contributed by atoms with Crippen LogP contribution in [-0.4, -0.2) is 28.3 Å². The molecular formula is C15H18N4O. The molecule has 104 valence electrons. The number of piperidine rings is 1. The van der Waals surface area contributed by atoms with E-state index in [0.29, 0.717) is 6.54 Å². The van der Waals surface area contributed by atoms with E-state index < -0.39 is 0 Å². The van der Waals surface area contributed by atoms with E-state index in [2.05, 4.69) is 15.7 Å². The number of benzene rings is 1. The molecular weight excluding hydrogens is 252 g/mol. The van der Waals surface area contributed by atoms with Crippen molar-refractivity contribution in [1.82, 2.24) is 20.4 Å². The van der Waals surface area contributed by atoms with Crippen LogP contribution in [0.5, 0.6) is 0 Å². The maximum absolute atomic E-state index is 11.6. The lowest BCUT2D eigenvalue weighted by molar-refractivity contribution is -0.124. The SMILES string of the molecule is O=C1NCCCC1NCc1cnn(-c2ccccc2)c1. The van der Waals surface area contributed by atoms with Gasteiger partial charge in [-0.05, 0) is 25.0 Å². The number of rotatable bonds is 4. The van der Waals surface area contributed by atoms with Crippen LogP contribution in [0.4, 0.5) is 0 Å². The number of carbonyl (C=O) groups is 1. The average molecular weight is 270 g/mol. The molecule has 20 heavy (non-hydrogen) atoms. The van der Waals surface area contributed by atoms with Gasteiger partial charge < -0.3 is 10.6 Å². The summed E-state index contributed by atoms with van der Waals surface area (Å²) in [6, 6.07) is 9.90. The molecule has 2 heterocycles. The van der Waals surface area contributed by atoms with Gasteiger partial charge in [0.15, 0.2) is 0 Å². The predicted molar refractivity (Wildman–Crippen MR) is 76.4 cm³/mol. The third-order valence-corrected chi connectivity index (χ3v) is 3.49. The Bertz CT molecular complexity index is 579. The molecule has 1 aromatic heterocycles. The van der Waals surface area contributed by atoms with Gasteiger partial charge in [0.25, 0.3) is 0 Å². The Labute approximate surface area is 118 Å². The van der Waals surface area contributed by atoms with Crippen LogP contribution in [0.25, 0.3) is 5.69 Å². The van der Waals surface area contributed by atoms with E-state index in [1.807, 2.05) is 47.4 Å². The minimum atomic E-state index is -0.0798. The minimum absolute atomic E-state index is 0.0798. The summed E-state index contributed by atoms with van der Waals surface area (Å²) in [6.45, 7) is 1.45. The molecule has 0 radical (unpaired) electrons. The quantitative estimate of drug-likeness (QED) is 0.879. The number of nitrogens with zero attached hydrogens (tertiary/aromatic N) is 2. The Hall–Kier alpha value is -2.14. The van der Waals surface area contributed by atoms with Crippen molar-refractivity contribution in [3.05, 3.63) is 48.3 Å². The molecule has 1 unspecified atom stereocenters. The highest BCUT2D eigenvalue weighted by Crippen LogP contribution is 2.09. The second-order valence-corrected chi connectivity index (χ2v) is 5.00. The van der Waals surface area contributed by atoms with Gasteiger partial charge >= 0.3 is 0 Å². The van der Waals surface area contributed by atoms with Crippen LogP contribution in [0, 0.1) is 0 Å². The Kier molecular flexibility index (Phi) is 3.78. The third-order valence-electron chi connectivity index (χ3n) is 3.49. The second-order valence-electron chi connectivity index (χ2n) is 5.00. The smallest absolute Gasteiger partial charge is 0.237 e. The van der Waals surface area contributed by atoms with E-state index in [0.717, 1.165) is 30.6 Å². The minimum Gasteiger partial charge on any atom is -0.355 e. The molecule has 0 aliphatic carbocycles. The first kappa shape index (κ1) is 12.9. The largest absolute Gasteiger partial charge is 0.355 e. The van der Waals surface area contributed by atoms with Crippen LogP contribution in [0.1, 0.15) is 18.4 Å². The summed E-state index contributed by atoms with van der Waals surface area (Å²) in [6.07, 6.45) is 5.76. The third kappa shape index (κ3) is 2.88. The molecule has 0 saturated carbocycles. The van der Waals surface area contributed by atoms with Gasteiger partial charge in [0, 0.05) is 24.8 Å². The highest BCUT2D eigenvalue weighted by molar-refractivity contribution is 5.82. The maximum atomic E-state index is 11.6. The molecule has 0 bridgehead atoms. The summed E-state index contributed by atoms with van der Waals surface area (Å²) >= 11 is 0. The molecule has 1 aliphatic heterocycles. The van der Waals surface area contributed by atoms with Crippen molar-refractivity contribution in [3.63, 3.8) is 0 Å². The summed E-state index contributed by atoms with van der Waals surface area (Å²) in [5.74, 6) is 0.103. The second kappa shape index (κ2) is 5.88. The molecule has 1 aliphatic rings. The number of hydrogen-bond donors (Lipinski definition) is 2. The molecule has 2 N–H and O–H groups in total. The Morgan fingerprint density at radius 2 is 2.20 bits per heavy atom. The van der Waals surface area contributed by atoms with Crippen LogP contribution in [0.3, 0.4) is 0 Å². The maximum Gasteiger partial charge on any atom is 0.237 e. The monoisotopic (exact) mass is 270 g/mol. The molecule has 5 heteroatoms. The van der Waals surface area contributed by atoms with E-state index in [-0.39, 0.29) is 11.9 Å². The summed E-state index contributed by atoms with van der Waals surface area (Å²) in [5, 5.41) is 10.5. The highest BCUT2D eigenvalue weighted by atomic mass is 16.2. The van der Waals surface area contributed by atoms with Crippen molar-refractivity contribution in [3.8, 4) is 5.69 Å². The van der Waals surface area contributed by atoms with Gasteiger partial charge in [-0.1, -0.05) is 18.2 Å². The van der Waals surface area contributed by atoms with Crippen LogP contribution >= 0.6 is 0 Å². The van der Waals surface area contributed by atoms with Crippen molar-refractivity contribution < 1.29 is 4.79 Å². The van der Waals surface area contributed by atoms with Crippen molar-refractivity contribution in [2.75, 3.05) is 6.54 Å².